The molecule has 0 spiro atoms. The number of benzene rings is 3. The molecule has 0 amide bonds. The molecule has 3 aromatic carbocycles. The van der Waals surface area contributed by atoms with Gasteiger partial charge < -0.3 is 14.0 Å². The third-order valence-corrected chi connectivity index (χ3v) is 6.12. The lowest BCUT2D eigenvalue weighted by Gasteiger charge is -2.22. The Labute approximate surface area is 232 Å². The summed E-state index contributed by atoms with van der Waals surface area (Å²) < 4.78 is 45.1. The van der Waals surface area contributed by atoms with Gasteiger partial charge in [0.25, 0.3) is 5.89 Å². The van der Waals surface area contributed by atoms with Gasteiger partial charge in [-0.2, -0.15) is 4.98 Å². The number of carbonyl (C=O) groups is 1. The molecule has 4 rings (SSSR count). The van der Waals surface area contributed by atoms with Crippen molar-refractivity contribution in [3.05, 3.63) is 82.9 Å². The molecule has 0 atom stereocenters. The number of ether oxygens (including phenoxy) is 2. The highest BCUT2D eigenvalue weighted by molar-refractivity contribution is 5.74. The monoisotopic (exact) mass is 549 g/mol. The van der Waals surface area contributed by atoms with E-state index in [0.717, 1.165) is 16.7 Å². The molecule has 40 heavy (non-hydrogen) atoms. The molecule has 0 aliphatic carbocycles. The van der Waals surface area contributed by atoms with Crippen LogP contribution in [0.3, 0.4) is 0 Å². The fraction of sp³-hybridized carbons (Fsp3) is 0.323. The van der Waals surface area contributed by atoms with Crippen molar-refractivity contribution in [2.45, 2.75) is 46.4 Å². The number of methoxy groups -OCH3 is 1. The van der Waals surface area contributed by atoms with Gasteiger partial charge in [-0.1, -0.05) is 23.4 Å². The molecule has 4 aromatic rings. The van der Waals surface area contributed by atoms with E-state index in [2.05, 4.69) is 10.1 Å². The Hall–Kier alpha value is -3.95. The molecule has 9 heteroatoms. The number of esters is 1. The molecule has 0 bridgehead atoms. The van der Waals surface area contributed by atoms with Gasteiger partial charge in [-0.25, -0.2) is 8.78 Å². The summed E-state index contributed by atoms with van der Waals surface area (Å²) in [4.78, 5) is 18.4. The first-order valence-corrected chi connectivity index (χ1v) is 12.8. The number of carbonyl (C=O) groups excluding carboxylic acids is 1. The van der Waals surface area contributed by atoms with Crippen molar-refractivity contribution in [3.8, 4) is 34.0 Å². The zero-order valence-corrected chi connectivity index (χ0v) is 23.5. The molecule has 0 fully saturated rings. The van der Waals surface area contributed by atoms with Crippen molar-refractivity contribution >= 4 is 5.97 Å². The minimum atomic E-state index is -0.580. The van der Waals surface area contributed by atoms with Crippen LogP contribution in [-0.4, -0.2) is 47.3 Å². The Morgan fingerprint density at radius 2 is 1.80 bits per heavy atom. The van der Waals surface area contributed by atoms with Crippen molar-refractivity contribution < 1.29 is 27.6 Å². The minimum absolute atomic E-state index is 0.0599. The van der Waals surface area contributed by atoms with Gasteiger partial charge in [0.1, 0.15) is 17.2 Å². The van der Waals surface area contributed by atoms with E-state index >= 15 is 0 Å². The lowest BCUT2D eigenvalue weighted by Crippen LogP contribution is -2.32. The molecule has 0 saturated carbocycles. The van der Waals surface area contributed by atoms with Gasteiger partial charge in [-0.15, -0.1) is 0 Å². The minimum Gasteiger partial charge on any atom is -0.459 e. The Kier molecular flexibility index (Phi) is 8.76. The average molecular weight is 550 g/mol. The first-order valence-electron chi connectivity index (χ1n) is 12.8. The molecule has 0 aliphatic heterocycles. The Balaban J connectivity index is 1.57. The van der Waals surface area contributed by atoms with Crippen LogP contribution in [0.1, 0.15) is 37.5 Å². The highest BCUT2D eigenvalue weighted by Crippen LogP contribution is 2.32. The predicted octanol–water partition coefficient (Wildman–Crippen LogP) is 6.58. The van der Waals surface area contributed by atoms with E-state index in [1.54, 1.807) is 58.9 Å². The molecule has 7 nitrogen and oxygen atoms in total. The van der Waals surface area contributed by atoms with Gasteiger partial charge >= 0.3 is 5.97 Å². The molecule has 0 unspecified atom stereocenters. The number of hydrogen-bond acceptors (Lipinski definition) is 7. The second-order valence-corrected chi connectivity index (χ2v) is 10.7. The van der Waals surface area contributed by atoms with Crippen LogP contribution in [0.25, 0.3) is 34.0 Å². The third kappa shape index (κ3) is 7.16. The molecule has 0 saturated heterocycles. The smallest absolute Gasteiger partial charge is 0.320 e. The maximum absolute atomic E-state index is 14.5. The summed E-state index contributed by atoms with van der Waals surface area (Å²) in [6, 6.07) is 15.0. The van der Waals surface area contributed by atoms with E-state index in [0.29, 0.717) is 35.4 Å². The van der Waals surface area contributed by atoms with Crippen molar-refractivity contribution in [1.29, 1.82) is 0 Å². The van der Waals surface area contributed by atoms with E-state index in [-0.39, 0.29) is 30.0 Å². The normalized spacial score (nSPS) is 11.7. The van der Waals surface area contributed by atoms with E-state index in [1.165, 1.54) is 18.2 Å². The number of halogens is 2. The van der Waals surface area contributed by atoms with Crippen LogP contribution in [0.5, 0.6) is 0 Å². The fourth-order valence-corrected chi connectivity index (χ4v) is 4.45. The molecular formula is C31H33F2N3O4. The molecule has 1 heterocycles. The molecule has 1 aromatic heterocycles. The van der Waals surface area contributed by atoms with E-state index < -0.39 is 11.4 Å². The molecular weight excluding hydrogens is 516 g/mol. The van der Waals surface area contributed by atoms with Crippen LogP contribution in [0.2, 0.25) is 0 Å². The largest absolute Gasteiger partial charge is 0.459 e. The zero-order chi connectivity index (χ0) is 29.0. The number of aromatic nitrogens is 2. The maximum Gasteiger partial charge on any atom is 0.320 e. The van der Waals surface area contributed by atoms with Crippen molar-refractivity contribution in [2.75, 3.05) is 20.7 Å². The Bertz CT molecular complexity index is 1510. The number of nitrogens with zero attached hydrogens (tertiary/aromatic N) is 3. The summed E-state index contributed by atoms with van der Waals surface area (Å²) in [6.45, 7) is 7.83. The van der Waals surface area contributed by atoms with Gasteiger partial charge in [0, 0.05) is 24.8 Å². The lowest BCUT2D eigenvalue weighted by molar-refractivity contribution is -0.155. The van der Waals surface area contributed by atoms with E-state index in [9.17, 15) is 13.6 Å². The number of hydrogen-bond donors (Lipinski definition) is 0. The highest BCUT2D eigenvalue weighted by Gasteiger charge is 2.19. The molecule has 0 radical (unpaired) electrons. The van der Waals surface area contributed by atoms with Crippen molar-refractivity contribution in [3.63, 3.8) is 0 Å². The predicted molar refractivity (Wildman–Crippen MR) is 148 cm³/mol. The Morgan fingerprint density at radius 3 is 2.52 bits per heavy atom. The highest BCUT2D eigenvalue weighted by atomic mass is 19.1. The number of likely N-dealkylation sites (N-methyl/N-ethyl adjacent to an activating group) is 1. The molecule has 210 valence electrons. The summed E-state index contributed by atoms with van der Waals surface area (Å²) in [6.07, 6.45) is 0. The standard InChI is InChI=1S/C31H33F2N3O4/c1-19-25(8-7-9-27(19)33)26-11-10-21(14-23(26)18-38-6)30-34-29(35-40-30)22-12-20(13-24(32)15-22)16-36(5)17-28(37)39-31(2,3)4/h7-15H,16-18H2,1-6H3. The fourth-order valence-electron chi connectivity index (χ4n) is 4.45. The van der Waals surface area contributed by atoms with Gasteiger partial charge in [0.05, 0.1) is 13.2 Å². The van der Waals surface area contributed by atoms with Crippen LogP contribution in [0.4, 0.5) is 8.78 Å². The summed E-state index contributed by atoms with van der Waals surface area (Å²) >= 11 is 0. The summed E-state index contributed by atoms with van der Waals surface area (Å²) in [5.41, 5.74) is 4.15. The van der Waals surface area contributed by atoms with Crippen molar-refractivity contribution in [2.24, 2.45) is 0 Å². The first-order chi connectivity index (χ1) is 18.9. The van der Waals surface area contributed by atoms with Gasteiger partial charge in [-0.05, 0) is 99.0 Å². The van der Waals surface area contributed by atoms with E-state index in [4.69, 9.17) is 14.0 Å². The second-order valence-electron chi connectivity index (χ2n) is 10.7. The molecule has 0 N–H and O–H groups in total. The third-order valence-electron chi connectivity index (χ3n) is 6.12. The van der Waals surface area contributed by atoms with Gasteiger partial charge in [-0.3, -0.25) is 9.69 Å². The van der Waals surface area contributed by atoms with Gasteiger partial charge in [0.15, 0.2) is 0 Å². The summed E-state index contributed by atoms with van der Waals surface area (Å²) in [5, 5.41) is 4.07. The molecule has 0 aliphatic rings. The topological polar surface area (TPSA) is 77.7 Å². The van der Waals surface area contributed by atoms with Crippen LogP contribution < -0.4 is 0 Å². The zero-order valence-electron chi connectivity index (χ0n) is 23.5. The van der Waals surface area contributed by atoms with Crippen LogP contribution in [0.15, 0.2) is 59.1 Å². The first kappa shape index (κ1) is 29.0. The maximum atomic E-state index is 14.5. The van der Waals surface area contributed by atoms with Gasteiger partial charge in [0.2, 0.25) is 5.82 Å². The van der Waals surface area contributed by atoms with Crippen LogP contribution in [0, 0.1) is 18.6 Å². The second kappa shape index (κ2) is 12.1. The Morgan fingerprint density at radius 1 is 1.02 bits per heavy atom. The van der Waals surface area contributed by atoms with Crippen LogP contribution in [-0.2, 0) is 27.4 Å². The number of rotatable bonds is 9. The lowest BCUT2D eigenvalue weighted by atomic mass is 9.94. The average Bonchev–Trinajstić information content (AvgIpc) is 3.35. The quantitative estimate of drug-likeness (QED) is 0.218. The summed E-state index contributed by atoms with van der Waals surface area (Å²) in [5.74, 6) is -0.619. The van der Waals surface area contributed by atoms with Crippen LogP contribution >= 0.6 is 0 Å². The summed E-state index contributed by atoms with van der Waals surface area (Å²) in [7, 11) is 3.35. The van der Waals surface area contributed by atoms with Crippen molar-refractivity contribution in [1.82, 2.24) is 15.0 Å². The van der Waals surface area contributed by atoms with E-state index in [1.807, 2.05) is 24.3 Å². The SMILES string of the molecule is COCc1cc(-c2nc(-c3cc(F)cc(CN(C)CC(=O)OC(C)(C)C)c3)no2)ccc1-c1cccc(F)c1C.